The number of nitrogens with one attached hydrogen (secondary N) is 1. The summed E-state index contributed by atoms with van der Waals surface area (Å²) in [5, 5.41) is 8.17. The normalized spacial score (nSPS) is 10.7. The topological polar surface area (TPSA) is 41.6 Å². The molecule has 0 saturated carbocycles. The Bertz CT molecular complexity index is 584. The standard InChI is InChI=1S/C12H9N3/c1-3-10-8-14-15-12(10)11(5-1)9-4-2-6-13-7-9/h1-8H,(H,14,15). The highest BCUT2D eigenvalue weighted by molar-refractivity contribution is 5.92. The van der Waals surface area contributed by atoms with Gasteiger partial charge in [-0.05, 0) is 6.07 Å². The molecule has 1 aromatic carbocycles. The largest absolute Gasteiger partial charge is 0.277 e. The van der Waals surface area contributed by atoms with E-state index in [9.17, 15) is 0 Å². The van der Waals surface area contributed by atoms with Crippen LogP contribution in [-0.2, 0) is 0 Å². The van der Waals surface area contributed by atoms with Crippen LogP contribution in [0.25, 0.3) is 22.0 Å². The smallest absolute Gasteiger partial charge is 0.0729 e. The van der Waals surface area contributed by atoms with Gasteiger partial charge >= 0.3 is 0 Å². The van der Waals surface area contributed by atoms with Crippen LogP contribution >= 0.6 is 0 Å². The highest BCUT2D eigenvalue weighted by Gasteiger charge is 2.03. The first-order valence-corrected chi connectivity index (χ1v) is 4.77. The van der Waals surface area contributed by atoms with E-state index in [1.165, 1.54) is 0 Å². The second kappa shape index (κ2) is 3.20. The Morgan fingerprint density at radius 2 is 2.00 bits per heavy atom. The van der Waals surface area contributed by atoms with E-state index in [0.29, 0.717) is 0 Å². The molecular formula is C12H9N3. The summed E-state index contributed by atoms with van der Waals surface area (Å²) >= 11 is 0. The lowest BCUT2D eigenvalue weighted by Crippen LogP contribution is -1.81. The first kappa shape index (κ1) is 8.17. The molecule has 72 valence electrons. The minimum atomic E-state index is 1.06. The minimum Gasteiger partial charge on any atom is -0.277 e. The molecule has 3 aromatic rings. The van der Waals surface area contributed by atoms with Crippen molar-refractivity contribution in [3.63, 3.8) is 0 Å². The number of para-hydroxylation sites is 1. The van der Waals surface area contributed by atoms with E-state index < -0.39 is 0 Å². The summed E-state index contributed by atoms with van der Waals surface area (Å²) in [6.07, 6.45) is 5.46. The van der Waals surface area contributed by atoms with E-state index in [2.05, 4.69) is 21.2 Å². The van der Waals surface area contributed by atoms with Crippen LogP contribution in [0.3, 0.4) is 0 Å². The van der Waals surface area contributed by atoms with E-state index >= 15 is 0 Å². The second-order valence-corrected chi connectivity index (χ2v) is 3.38. The summed E-state index contributed by atoms with van der Waals surface area (Å²) in [6, 6.07) is 10.1. The van der Waals surface area contributed by atoms with Gasteiger partial charge in [0.2, 0.25) is 0 Å². The number of nitrogens with zero attached hydrogens (tertiary/aromatic N) is 2. The summed E-state index contributed by atoms with van der Waals surface area (Å²) < 4.78 is 0. The number of H-pyrrole nitrogens is 1. The molecule has 0 amide bonds. The van der Waals surface area contributed by atoms with Gasteiger partial charge in [0.15, 0.2) is 0 Å². The summed E-state index contributed by atoms with van der Waals surface area (Å²) in [7, 11) is 0. The number of pyridine rings is 1. The van der Waals surface area contributed by atoms with Crippen molar-refractivity contribution in [2.24, 2.45) is 0 Å². The number of hydrogen-bond acceptors (Lipinski definition) is 2. The van der Waals surface area contributed by atoms with Crippen LogP contribution in [0.1, 0.15) is 0 Å². The van der Waals surface area contributed by atoms with E-state index in [0.717, 1.165) is 22.0 Å². The molecule has 0 aliphatic rings. The second-order valence-electron chi connectivity index (χ2n) is 3.38. The van der Waals surface area contributed by atoms with Gasteiger partial charge in [-0.2, -0.15) is 5.10 Å². The molecule has 3 nitrogen and oxygen atoms in total. The Labute approximate surface area is 86.8 Å². The van der Waals surface area contributed by atoms with Crippen molar-refractivity contribution >= 4 is 10.9 Å². The fourth-order valence-corrected chi connectivity index (χ4v) is 1.73. The molecule has 0 fully saturated rings. The van der Waals surface area contributed by atoms with Crippen LogP contribution in [0.15, 0.2) is 48.9 Å². The van der Waals surface area contributed by atoms with Crippen LogP contribution in [-0.4, -0.2) is 15.2 Å². The summed E-state index contributed by atoms with van der Waals surface area (Å²) in [6.45, 7) is 0. The average Bonchev–Trinajstić information content (AvgIpc) is 2.78. The number of rotatable bonds is 1. The maximum Gasteiger partial charge on any atom is 0.0729 e. The van der Waals surface area contributed by atoms with Crippen LogP contribution in [0, 0.1) is 0 Å². The molecule has 0 spiro atoms. The van der Waals surface area contributed by atoms with E-state index in [1.54, 1.807) is 6.20 Å². The lowest BCUT2D eigenvalue weighted by Gasteiger charge is -2.01. The average molecular weight is 195 g/mol. The fraction of sp³-hybridized carbons (Fsp3) is 0. The minimum absolute atomic E-state index is 1.06. The number of fused-ring (bicyclic) bond motifs is 1. The lowest BCUT2D eigenvalue weighted by molar-refractivity contribution is 1.12. The maximum atomic E-state index is 4.12. The summed E-state index contributed by atoms with van der Waals surface area (Å²) in [5.41, 5.74) is 3.30. The monoisotopic (exact) mass is 195 g/mol. The first-order valence-electron chi connectivity index (χ1n) is 4.77. The molecule has 0 aliphatic heterocycles. The third kappa shape index (κ3) is 1.29. The van der Waals surface area contributed by atoms with Gasteiger partial charge in [-0.1, -0.05) is 24.3 Å². The molecule has 0 saturated heterocycles. The third-order valence-corrected chi connectivity index (χ3v) is 2.45. The summed E-state index contributed by atoms with van der Waals surface area (Å²) in [5.74, 6) is 0. The van der Waals surface area contributed by atoms with Crippen molar-refractivity contribution < 1.29 is 0 Å². The Hall–Kier alpha value is -2.16. The molecule has 15 heavy (non-hydrogen) atoms. The van der Waals surface area contributed by atoms with E-state index in [4.69, 9.17) is 0 Å². The van der Waals surface area contributed by atoms with Crippen LogP contribution in [0.4, 0.5) is 0 Å². The number of benzene rings is 1. The summed E-state index contributed by atoms with van der Waals surface area (Å²) in [4.78, 5) is 4.12. The first-order chi connectivity index (χ1) is 7.45. The Kier molecular flexibility index (Phi) is 1.75. The molecule has 3 heteroatoms. The Morgan fingerprint density at radius 1 is 1.00 bits per heavy atom. The van der Waals surface area contributed by atoms with Gasteiger partial charge in [0.05, 0.1) is 11.7 Å². The van der Waals surface area contributed by atoms with Crippen LogP contribution < -0.4 is 0 Å². The third-order valence-electron chi connectivity index (χ3n) is 2.45. The molecule has 3 rings (SSSR count). The molecular weight excluding hydrogens is 186 g/mol. The fourth-order valence-electron chi connectivity index (χ4n) is 1.73. The Morgan fingerprint density at radius 3 is 2.87 bits per heavy atom. The predicted molar refractivity (Wildman–Crippen MR) is 59.3 cm³/mol. The van der Waals surface area contributed by atoms with Gasteiger partial charge in [0.1, 0.15) is 0 Å². The maximum absolute atomic E-state index is 4.12. The van der Waals surface area contributed by atoms with E-state index in [1.807, 2.05) is 36.7 Å². The lowest BCUT2D eigenvalue weighted by atomic mass is 10.1. The number of hydrogen-bond donors (Lipinski definition) is 1. The van der Waals surface area contributed by atoms with Gasteiger partial charge in [-0.15, -0.1) is 0 Å². The number of aromatic nitrogens is 3. The van der Waals surface area contributed by atoms with Crippen molar-refractivity contribution in [3.05, 3.63) is 48.9 Å². The molecule has 0 atom stereocenters. The van der Waals surface area contributed by atoms with Crippen molar-refractivity contribution in [2.45, 2.75) is 0 Å². The van der Waals surface area contributed by atoms with Crippen LogP contribution in [0.5, 0.6) is 0 Å². The zero-order valence-electron chi connectivity index (χ0n) is 8.01. The predicted octanol–water partition coefficient (Wildman–Crippen LogP) is 2.62. The molecule has 2 aromatic heterocycles. The molecule has 0 aliphatic carbocycles. The zero-order chi connectivity index (χ0) is 10.1. The van der Waals surface area contributed by atoms with Gasteiger partial charge in [-0.25, -0.2) is 0 Å². The molecule has 1 N–H and O–H groups in total. The zero-order valence-corrected chi connectivity index (χ0v) is 8.01. The molecule has 2 heterocycles. The molecule has 0 unspecified atom stereocenters. The van der Waals surface area contributed by atoms with Gasteiger partial charge in [-0.3, -0.25) is 10.1 Å². The van der Waals surface area contributed by atoms with Gasteiger partial charge in [0, 0.05) is 28.9 Å². The van der Waals surface area contributed by atoms with Gasteiger partial charge < -0.3 is 0 Å². The number of aromatic amines is 1. The van der Waals surface area contributed by atoms with Crippen molar-refractivity contribution in [2.75, 3.05) is 0 Å². The highest BCUT2D eigenvalue weighted by atomic mass is 15.1. The van der Waals surface area contributed by atoms with Crippen LogP contribution in [0.2, 0.25) is 0 Å². The van der Waals surface area contributed by atoms with Gasteiger partial charge in [0.25, 0.3) is 0 Å². The SMILES string of the molecule is c1cncc(-c2cccc3cn[nH]c23)c1. The van der Waals surface area contributed by atoms with Crippen molar-refractivity contribution in [1.82, 2.24) is 15.2 Å². The van der Waals surface area contributed by atoms with E-state index in [-0.39, 0.29) is 0 Å². The quantitative estimate of drug-likeness (QED) is 0.648. The van der Waals surface area contributed by atoms with Crippen molar-refractivity contribution in [1.29, 1.82) is 0 Å². The highest BCUT2D eigenvalue weighted by Crippen LogP contribution is 2.25. The molecule has 0 bridgehead atoms. The Balaban J connectivity index is 2.31. The molecule has 0 radical (unpaired) electrons. The van der Waals surface area contributed by atoms with Crippen molar-refractivity contribution in [3.8, 4) is 11.1 Å².